The molecule has 25 heavy (non-hydrogen) atoms. The summed E-state index contributed by atoms with van der Waals surface area (Å²) in [5.41, 5.74) is 0.937. The number of hydrogen-bond acceptors (Lipinski definition) is 4. The molecule has 0 spiro atoms. The minimum atomic E-state index is -0.704. The zero-order valence-electron chi connectivity index (χ0n) is 13.9. The normalized spacial score (nSPS) is 12.2. The number of hydrogen-bond donors (Lipinski definition) is 1. The lowest BCUT2D eigenvalue weighted by Gasteiger charge is -2.18. The van der Waals surface area contributed by atoms with Crippen LogP contribution in [0.25, 0.3) is 11.4 Å². The molecule has 1 atom stereocenters. The molecular weight excluding hydrogens is 321 g/mol. The molecule has 0 saturated heterocycles. The predicted molar refractivity (Wildman–Crippen MR) is 92.2 cm³/mol. The van der Waals surface area contributed by atoms with Crippen LogP contribution >= 0.6 is 0 Å². The minimum Gasteiger partial charge on any atom is -0.322 e. The number of anilines is 1. The molecule has 0 saturated carbocycles. The van der Waals surface area contributed by atoms with E-state index in [1.54, 1.807) is 12.1 Å². The van der Waals surface area contributed by atoms with Crippen molar-refractivity contribution in [3.8, 4) is 11.4 Å². The van der Waals surface area contributed by atoms with Crippen molar-refractivity contribution in [2.45, 2.75) is 19.9 Å². The van der Waals surface area contributed by atoms with Crippen molar-refractivity contribution >= 4 is 11.6 Å². The molecule has 6 nitrogen and oxygen atoms in total. The van der Waals surface area contributed by atoms with Crippen molar-refractivity contribution in [3.05, 3.63) is 60.4 Å². The highest BCUT2D eigenvalue weighted by molar-refractivity contribution is 5.93. The molecule has 0 aliphatic carbocycles. The fourth-order valence-corrected chi connectivity index (χ4v) is 2.49. The molecule has 3 aromatic rings. The zero-order valence-corrected chi connectivity index (χ0v) is 13.9. The van der Waals surface area contributed by atoms with Crippen LogP contribution in [0, 0.1) is 11.7 Å². The van der Waals surface area contributed by atoms with E-state index < -0.39 is 17.8 Å². The number of amides is 1. The molecule has 128 valence electrons. The third-order valence-corrected chi connectivity index (χ3v) is 3.74. The topological polar surface area (TPSA) is 72.7 Å². The quantitative estimate of drug-likeness (QED) is 0.774. The lowest BCUT2D eigenvalue weighted by atomic mass is 10.0. The molecule has 1 amide bonds. The van der Waals surface area contributed by atoms with Crippen LogP contribution in [0.2, 0.25) is 0 Å². The Labute approximate surface area is 144 Å². The molecule has 0 bridgehead atoms. The molecule has 0 radical (unpaired) electrons. The second kappa shape index (κ2) is 7.21. The summed E-state index contributed by atoms with van der Waals surface area (Å²) in [6.07, 6.45) is 0. The van der Waals surface area contributed by atoms with E-state index in [-0.39, 0.29) is 11.6 Å². The first-order chi connectivity index (χ1) is 12.1. The molecule has 0 aliphatic rings. The van der Waals surface area contributed by atoms with E-state index in [2.05, 4.69) is 20.7 Å². The Morgan fingerprint density at radius 1 is 1.08 bits per heavy atom. The Morgan fingerprint density at radius 2 is 1.76 bits per heavy atom. The second-order valence-corrected chi connectivity index (χ2v) is 5.96. The maximum atomic E-state index is 13.8. The first kappa shape index (κ1) is 16.8. The molecule has 1 N–H and O–H groups in total. The number of nitrogens with one attached hydrogen (secondary N) is 1. The van der Waals surface area contributed by atoms with E-state index in [1.165, 1.54) is 16.9 Å². The van der Waals surface area contributed by atoms with Crippen LogP contribution in [0.5, 0.6) is 0 Å². The molecular formula is C18H18FN5O. The lowest BCUT2D eigenvalue weighted by Crippen LogP contribution is -2.31. The van der Waals surface area contributed by atoms with Crippen LogP contribution in [0.15, 0.2) is 54.6 Å². The number of carbonyl (C=O) groups is 1. The van der Waals surface area contributed by atoms with Gasteiger partial charge in [-0.1, -0.05) is 56.3 Å². The first-order valence-electron chi connectivity index (χ1n) is 7.96. The molecule has 1 unspecified atom stereocenters. The van der Waals surface area contributed by atoms with E-state index in [0.29, 0.717) is 5.82 Å². The zero-order chi connectivity index (χ0) is 17.8. The summed E-state index contributed by atoms with van der Waals surface area (Å²) in [6, 6.07) is 14.7. The van der Waals surface area contributed by atoms with Crippen molar-refractivity contribution in [1.82, 2.24) is 20.2 Å². The minimum absolute atomic E-state index is 0.107. The monoisotopic (exact) mass is 339 g/mol. The van der Waals surface area contributed by atoms with Crippen molar-refractivity contribution in [1.29, 1.82) is 0 Å². The summed E-state index contributed by atoms with van der Waals surface area (Å²) in [7, 11) is 0. The summed E-state index contributed by atoms with van der Waals surface area (Å²) in [5, 5.41) is 15.0. The van der Waals surface area contributed by atoms with Crippen molar-refractivity contribution in [2.24, 2.45) is 5.92 Å². The largest absolute Gasteiger partial charge is 0.322 e. The van der Waals surface area contributed by atoms with Crippen LogP contribution in [0.3, 0.4) is 0 Å². The number of aromatic nitrogens is 4. The number of rotatable bonds is 5. The van der Waals surface area contributed by atoms with E-state index in [4.69, 9.17) is 0 Å². The van der Waals surface area contributed by atoms with Gasteiger partial charge in [0.05, 0.1) is 5.69 Å². The van der Waals surface area contributed by atoms with Crippen molar-refractivity contribution in [3.63, 3.8) is 0 Å². The maximum absolute atomic E-state index is 13.8. The molecule has 7 heteroatoms. The van der Waals surface area contributed by atoms with Gasteiger partial charge in [0.2, 0.25) is 5.82 Å². The Hall–Kier alpha value is -3.09. The molecule has 2 aromatic carbocycles. The van der Waals surface area contributed by atoms with Gasteiger partial charge in [0.1, 0.15) is 5.82 Å². The Bertz CT molecular complexity index is 863. The highest BCUT2D eigenvalue weighted by Gasteiger charge is 2.27. The van der Waals surface area contributed by atoms with E-state index >= 15 is 0 Å². The van der Waals surface area contributed by atoms with Gasteiger partial charge in [-0.2, -0.15) is 4.80 Å². The van der Waals surface area contributed by atoms with Gasteiger partial charge < -0.3 is 5.32 Å². The fraction of sp³-hybridized carbons (Fsp3) is 0.222. The van der Waals surface area contributed by atoms with E-state index in [0.717, 1.165) is 5.56 Å². The van der Waals surface area contributed by atoms with Crippen molar-refractivity contribution in [2.75, 3.05) is 5.32 Å². The summed E-state index contributed by atoms with van der Waals surface area (Å²) in [5.74, 6) is -0.554. The molecule has 0 aliphatic heterocycles. The smallest absolute Gasteiger partial charge is 0.251 e. The van der Waals surface area contributed by atoms with Gasteiger partial charge in [0.25, 0.3) is 5.91 Å². The van der Waals surface area contributed by atoms with E-state index in [9.17, 15) is 9.18 Å². The predicted octanol–water partition coefficient (Wildman–Crippen LogP) is 3.32. The maximum Gasteiger partial charge on any atom is 0.251 e. The average Bonchev–Trinajstić information content (AvgIpc) is 3.07. The number of nitrogens with zero attached hydrogens (tertiary/aromatic N) is 4. The van der Waals surface area contributed by atoms with Gasteiger partial charge in [-0.25, -0.2) is 4.39 Å². The standard InChI is InChI=1S/C18H18FN5O/c1-12(2)16(18(25)20-15-11-7-6-10-14(15)19)24-22-17(21-23-24)13-8-4-3-5-9-13/h3-12,16H,1-2H3,(H,20,25). The number of halogens is 1. The average molecular weight is 339 g/mol. The Morgan fingerprint density at radius 3 is 2.44 bits per heavy atom. The Kier molecular flexibility index (Phi) is 4.83. The number of para-hydroxylation sites is 1. The van der Waals surface area contributed by atoms with Gasteiger partial charge in [-0.15, -0.1) is 10.2 Å². The van der Waals surface area contributed by atoms with Crippen LogP contribution in [-0.2, 0) is 4.79 Å². The molecule has 3 rings (SSSR count). The first-order valence-corrected chi connectivity index (χ1v) is 7.96. The fourth-order valence-electron chi connectivity index (χ4n) is 2.49. The molecule has 1 aromatic heterocycles. The van der Waals surface area contributed by atoms with Crippen LogP contribution in [-0.4, -0.2) is 26.1 Å². The van der Waals surface area contributed by atoms with Crippen LogP contribution < -0.4 is 5.32 Å². The number of carbonyl (C=O) groups excluding carboxylic acids is 1. The summed E-state index contributed by atoms with van der Waals surface area (Å²) < 4.78 is 13.8. The number of tetrazole rings is 1. The van der Waals surface area contributed by atoms with Gasteiger partial charge in [-0.05, 0) is 23.3 Å². The SMILES string of the molecule is CC(C)C(C(=O)Nc1ccccc1F)n1nnc(-c2ccccc2)n1. The van der Waals surface area contributed by atoms with E-state index in [1.807, 2.05) is 44.2 Å². The van der Waals surface area contributed by atoms with Crippen LogP contribution in [0.4, 0.5) is 10.1 Å². The molecule has 0 fully saturated rings. The highest BCUT2D eigenvalue weighted by Crippen LogP contribution is 2.21. The lowest BCUT2D eigenvalue weighted by molar-refractivity contribution is -0.121. The summed E-state index contributed by atoms with van der Waals surface area (Å²) >= 11 is 0. The van der Waals surface area contributed by atoms with Gasteiger partial charge in [0.15, 0.2) is 6.04 Å². The summed E-state index contributed by atoms with van der Waals surface area (Å²) in [6.45, 7) is 3.74. The third kappa shape index (κ3) is 3.71. The van der Waals surface area contributed by atoms with Gasteiger partial charge in [-0.3, -0.25) is 4.79 Å². The summed E-state index contributed by atoms with van der Waals surface area (Å²) in [4.78, 5) is 13.9. The second-order valence-electron chi connectivity index (χ2n) is 5.96. The van der Waals surface area contributed by atoms with Gasteiger partial charge in [0, 0.05) is 5.56 Å². The molecule has 1 heterocycles. The van der Waals surface area contributed by atoms with Gasteiger partial charge >= 0.3 is 0 Å². The Balaban J connectivity index is 1.85. The van der Waals surface area contributed by atoms with Crippen LogP contribution in [0.1, 0.15) is 19.9 Å². The van der Waals surface area contributed by atoms with Crippen molar-refractivity contribution < 1.29 is 9.18 Å². The third-order valence-electron chi connectivity index (χ3n) is 3.74. The highest BCUT2D eigenvalue weighted by atomic mass is 19.1. The number of benzene rings is 2.